The highest BCUT2D eigenvalue weighted by atomic mass is 32.1. The number of amides is 1. The lowest BCUT2D eigenvalue weighted by molar-refractivity contribution is -0.133. The molecule has 0 fully saturated rings. The number of hydrazone groups is 1. The molecule has 0 bridgehead atoms. The van der Waals surface area contributed by atoms with Crippen LogP contribution in [0.3, 0.4) is 0 Å². The first-order chi connectivity index (χ1) is 15.1. The SMILES string of the molecule is O=C(Cn1nc(-c2ccc(F)cc2)oc1=O)N1N=C(c2cccs2)C[C@H]1c1cccs1. The molecule has 5 rings (SSSR count). The Hall–Kier alpha value is -3.37. The third kappa shape index (κ3) is 3.87. The van der Waals surface area contributed by atoms with Crippen LogP contribution in [0.25, 0.3) is 11.5 Å². The van der Waals surface area contributed by atoms with Crippen molar-refractivity contribution >= 4 is 34.3 Å². The summed E-state index contributed by atoms with van der Waals surface area (Å²) in [6.07, 6.45) is 0.599. The maximum absolute atomic E-state index is 13.1. The average molecular weight is 455 g/mol. The van der Waals surface area contributed by atoms with Crippen LogP contribution in [0.15, 0.2) is 73.6 Å². The van der Waals surface area contributed by atoms with Crippen molar-refractivity contribution in [3.05, 3.63) is 85.4 Å². The third-order valence-corrected chi connectivity index (χ3v) is 6.72. The zero-order chi connectivity index (χ0) is 21.4. The number of carbonyl (C=O) groups is 1. The number of benzene rings is 1. The number of nitrogens with zero attached hydrogens (tertiary/aromatic N) is 4. The predicted molar refractivity (Wildman–Crippen MR) is 116 cm³/mol. The molecular formula is C21H15FN4O3S2. The summed E-state index contributed by atoms with van der Waals surface area (Å²) in [5.41, 5.74) is 1.28. The Morgan fingerprint density at radius 2 is 1.90 bits per heavy atom. The van der Waals surface area contributed by atoms with Crippen LogP contribution in [-0.4, -0.2) is 26.4 Å². The van der Waals surface area contributed by atoms with Crippen molar-refractivity contribution in [1.29, 1.82) is 0 Å². The molecule has 0 aliphatic carbocycles. The van der Waals surface area contributed by atoms with E-state index in [4.69, 9.17) is 4.42 Å². The van der Waals surface area contributed by atoms with Gasteiger partial charge in [0.25, 0.3) is 5.91 Å². The first-order valence-corrected chi connectivity index (χ1v) is 11.1. The van der Waals surface area contributed by atoms with Crippen LogP contribution in [0, 0.1) is 5.82 Å². The quantitative estimate of drug-likeness (QED) is 0.454. The van der Waals surface area contributed by atoms with Gasteiger partial charge in [-0.25, -0.2) is 14.2 Å². The molecule has 31 heavy (non-hydrogen) atoms. The molecule has 4 heterocycles. The summed E-state index contributed by atoms with van der Waals surface area (Å²) in [5.74, 6) is -1.52. The summed E-state index contributed by atoms with van der Waals surface area (Å²) >= 11 is 3.12. The molecule has 0 unspecified atom stereocenters. The standard InChI is InChI=1S/C21H15FN4O3S2/c22-14-7-5-13(6-8-14)20-24-25(21(28)29-20)12-19(27)26-16(18-4-2-10-31-18)11-15(23-26)17-3-1-9-30-17/h1-10,16H,11-12H2/t16-/m0/s1. The van der Waals surface area contributed by atoms with E-state index >= 15 is 0 Å². The Balaban J connectivity index is 1.42. The van der Waals surface area contributed by atoms with Crippen LogP contribution in [0.4, 0.5) is 4.39 Å². The third-order valence-electron chi connectivity index (χ3n) is 4.83. The molecule has 4 aromatic rings. The van der Waals surface area contributed by atoms with Crippen LogP contribution in [-0.2, 0) is 11.3 Å². The van der Waals surface area contributed by atoms with E-state index in [-0.39, 0.29) is 24.4 Å². The molecule has 0 radical (unpaired) electrons. The Kier molecular flexibility index (Phi) is 5.08. The Morgan fingerprint density at radius 3 is 2.61 bits per heavy atom. The fourth-order valence-electron chi connectivity index (χ4n) is 3.35. The van der Waals surface area contributed by atoms with Crippen LogP contribution in [0.2, 0.25) is 0 Å². The smallest absolute Gasteiger partial charge is 0.388 e. The average Bonchev–Trinajstić information content (AvgIpc) is 3.55. The molecule has 0 spiro atoms. The van der Waals surface area contributed by atoms with Gasteiger partial charge >= 0.3 is 5.76 Å². The van der Waals surface area contributed by atoms with Crippen LogP contribution >= 0.6 is 22.7 Å². The van der Waals surface area contributed by atoms with E-state index in [0.29, 0.717) is 12.0 Å². The van der Waals surface area contributed by atoms with E-state index in [1.54, 1.807) is 22.7 Å². The lowest BCUT2D eigenvalue weighted by Crippen LogP contribution is -2.33. The number of hydrogen-bond donors (Lipinski definition) is 0. The van der Waals surface area contributed by atoms with Gasteiger partial charge < -0.3 is 4.42 Å². The lowest BCUT2D eigenvalue weighted by atomic mass is 10.1. The normalized spacial score (nSPS) is 16.0. The van der Waals surface area contributed by atoms with Crippen LogP contribution in [0.1, 0.15) is 22.2 Å². The fourth-order valence-corrected chi connectivity index (χ4v) is 4.88. The van der Waals surface area contributed by atoms with Gasteiger partial charge in [0.1, 0.15) is 12.4 Å². The second kappa shape index (κ2) is 8.05. The molecule has 1 aromatic carbocycles. The fraction of sp³-hybridized carbons (Fsp3) is 0.143. The van der Waals surface area contributed by atoms with Gasteiger partial charge in [0.05, 0.1) is 16.6 Å². The highest BCUT2D eigenvalue weighted by molar-refractivity contribution is 7.12. The molecule has 1 aliphatic rings. The van der Waals surface area contributed by atoms with Gasteiger partial charge in [-0.1, -0.05) is 12.1 Å². The largest absolute Gasteiger partial charge is 0.437 e. The molecule has 0 saturated heterocycles. The highest BCUT2D eigenvalue weighted by Gasteiger charge is 2.34. The van der Waals surface area contributed by atoms with Gasteiger partial charge in [0.2, 0.25) is 5.89 Å². The second-order valence-corrected chi connectivity index (χ2v) is 8.76. The van der Waals surface area contributed by atoms with Gasteiger partial charge in [-0.05, 0) is 47.2 Å². The maximum Gasteiger partial charge on any atom is 0.437 e. The van der Waals surface area contributed by atoms with Crippen molar-refractivity contribution in [2.24, 2.45) is 5.10 Å². The van der Waals surface area contributed by atoms with Crippen molar-refractivity contribution in [2.75, 3.05) is 0 Å². The van der Waals surface area contributed by atoms with E-state index < -0.39 is 11.6 Å². The number of halogens is 1. The number of thiophene rings is 2. The number of rotatable bonds is 5. The Labute approximate surface area is 183 Å². The summed E-state index contributed by atoms with van der Waals surface area (Å²) in [6, 6.07) is 13.0. The molecule has 10 heteroatoms. The minimum Gasteiger partial charge on any atom is -0.388 e. The monoisotopic (exact) mass is 454 g/mol. The number of carbonyl (C=O) groups excluding carboxylic acids is 1. The molecular weight excluding hydrogens is 439 g/mol. The van der Waals surface area contributed by atoms with Gasteiger partial charge in [-0.2, -0.15) is 9.78 Å². The minimum atomic E-state index is -0.762. The van der Waals surface area contributed by atoms with Crippen molar-refractivity contribution < 1.29 is 13.6 Å². The summed E-state index contributed by atoms with van der Waals surface area (Å²) in [5, 5.41) is 14.0. The van der Waals surface area contributed by atoms with Gasteiger partial charge in [0, 0.05) is 16.9 Å². The lowest BCUT2D eigenvalue weighted by Gasteiger charge is -2.20. The number of hydrogen-bond acceptors (Lipinski definition) is 7. The van der Waals surface area contributed by atoms with Gasteiger partial charge in [0.15, 0.2) is 0 Å². The summed E-state index contributed by atoms with van der Waals surface area (Å²) in [4.78, 5) is 27.4. The molecule has 3 aromatic heterocycles. The molecule has 0 N–H and O–H groups in total. The van der Waals surface area contributed by atoms with Crippen molar-refractivity contribution in [3.63, 3.8) is 0 Å². The van der Waals surface area contributed by atoms with Gasteiger partial charge in [-0.15, -0.1) is 27.8 Å². The summed E-state index contributed by atoms with van der Waals surface area (Å²) in [7, 11) is 0. The molecule has 7 nitrogen and oxygen atoms in total. The molecule has 1 amide bonds. The predicted octanol–water partition coefficient (Wildman–Crippen LogP) is 4.14. The molecule has 0 saturated carbocycles. The van der Waals surface area contributed by atoms with E-state index in [9.17, 15) is 14.0 Å². The maximum atomic E-state index is 13.1. The Morgan fingerprint density at radius 1 is 1.13 bits per heavy atom. The van der Waals surface area contributed by atoms with Crippen molar-refractivity contribution in [1.82, 2.24) is 14.8 Å². The topological polar surface area (TPSA) is 80.7 Å². The van der Waals surface area contributed by atoms with E-state index in [1.165, 1.54) is 29.3 Å². The number of aromatic nitrogens is 2. The highest BCUT2D eigenvalue weighted by Crippen LogP contribution is 2.36. The second-order valence-electron chi connectivity index (χ2n) is 6.84. The van der Waals surface area contributed by atoms with Crippen molar-refractivity contribution in [3.8, 4) is 11.5 Å². The van der Waals surface area contributed by atoms with E-state index in [1.807, 2.05) is 35.0 Å². The van der Waals surface area contributed by atoms with E-state index in [0.717, 1.165) is 20.1 Å². The van der Waals surface area contributed by atoms with Crippen LogP contribution in [0.5, 0.6) is 0 Å². The van der Waals surface area contributed by atoms with Crippen molar-refractivity contribution in [2.45, 2.75) is 19.0 Å². The molecule has 156 valence electrons. The zero-order valence-electron chi connectivity index (χ0n) is 16.0. The first-order valence-electron chi connectivity index (χ1n) is 9.39. The van der Waals surface area contributed by atoms with Gasteiger partial charge in [-0.3, -0.25) is 4.79 Å². The zero-order valence-corrected chi connectivity index (χ0v) is 17.6. The van der Waals surface area contributed by atoms with Crippen LogP contribution < -0.4 is 5.76 Å². The Bertz CT molecular complexity index is 1290. The van der Waals surface area contributed by atoms with E-state index in [2.05, 4.69) is 10.2 Å². The summed E-state index contributed by atoms with van der Waals surface area (Å²) in [6.45, 7) is -0.313. The molecule has 1 aliphatic heterocycles. The first kappa shape index (κ1) is 19.6. The minimum absolute atomic E-state index is 0.0248. The molecule has 1 atom stereocenters. The summed E-state index contributed by atoms with van der Waals surface area (Å²) < 4.78 is 19.3.